The van der Waals surface area contributed by atoms with Crippen molar-refractivity contribution in [1.82, 2.24) is 9.67 Å². The van der Waals surface area contributed by atoms with E-state index in [4.69, 9.17) is 16.6 Å². The van der Waals surface area contributed by atoms with Gasteiger partial charge in [0.25, 0.3) is 5.82 Å². The summed E-state index contributed by atoms with van der Waals surface area (Å²) < 4.78 is 4.09. The number of halogens is 1. The van der Waals surface area contributed by atoms with Crippen LogP contribution in [0.2, 0.25) is 5.02 Å². The van der Waals surface area contributed by atoms with E-state index >= 15 is 0 Å². The molecule has 0 aliphatic carbocycles. The van der Waals surface area contributed by atoms with Gasteiger partial charge in [-0.15, -0.1) is 20.7 Å². The van der Waals surface area contributed by atoms with Gasteiger partial charge in [-0.25, -0.2) is 4.99 Å². The van der Waals surface area contributed by atoms with Crippen molar-refractivity contribution in [1.29, 1.82) is 0 Å². The minimum Gasteiger partial charge on any atom is -0.299 e. The third-order valence-corrected chi connectivity index (χ3v) is 6.86. The van der Waals surface area contributed by atoms with Crippen molar-refractivity contribution in [2.75, 3.05) is 0 Å². The van der Waals surface area contributed by atoms with Crippen molar-refractivity contribution in [2.45, 2.75) is 47.2 Å². The van der Waals surface area contributed by atoms with Crippen molar-refractivity contribution < 1.29 is 9.48 Å². The highest BCUT2D eigenvalue weighted by atomic mass is 35.5. The third-order valence-electron chi connectivity index (χ3n) is 5.43. The summed E-state index contributed by atoms with van der Waals surface area (Å²) in [5.74, 6) is 1.02. The molecule has 0 spiro atoms. The van der Waals surface area contributed by atoms with Gasteiger partial charge in [0.2, 0.25) is 6.17 Å². The number of fused-ring (bicyclic) bond motifs is 3. The highest BCUT2D eigenvalue weighted by molar-refractivity contribution is 7.15. The summed E-state index contributed by atoms with van der Waals surface area (Å²) in [6, 6.07) is 7.75. The van der Waals surface area contributed by atoms with Crippen LogP contribution >= 0.6 is 22.9 Å². The maximum Gasteiger partial charge on any atom is 0.309 e. The van der Waals surface area contributed by atoms with Gasteiger partial charge in [0.05, 0.1) is 12.1 Å². The number of carbonyl (C=O) groups excluding carboxylic acids is 1. The van der Waals surface area contributed by atoms with Crippen molar-refractivity contribution in [3.05, 3.63) is 63.0 Å². The monoisotopic (exact) mass is 427 g/mol. The predicted octanol–water partition coefficient (Wildman–Crippen LogP) is 4.76. The van der Waals surface area contributed by atoms with E-state index in [0.717, 1.165) is 27.7 Å². The summed E-state index contributed by atoms with van der Waals surface area (Å²) in [7, 11) is 0. The second-order valence-electron chi connectivity index (χ2n) is 7.74. The number of thiophene rings is 1. The lowest BCUT2D eigenvalue weighted by atomic mass is 9.99. The fourth-order valence-corrected chi connectivity index (χ4v) is 4.91. The fourth-order valence-electron chi connectivity index (χ4n) is 3.57. The Labute approximate surface area is 179 Å². The normalized spacial score (nSPS) is 15.7. The summed E-state index contributed by atoms with van der Waals surface area (Å²) >= 11 is 7.86. The van der Waals surface area contributed by atoms with Gasteiger partial charge in [0.15, 0.2) is 5.00 Å². The van der Waals surface area contributed by atoms with Gasteiger partial charge >= 0.3 is 6.33 Å². The quantitative estimate of drug-likeness (QED) is 0.563. The molecule has 4 rings (SSSR count). The molecule has 150 valence electrons. The van der Waals surface area contributed by atoms with Crippen LogP contribution in [-0.2, 0) is 4.79 Å². The largest absolute Gasteiger partial charge is 0.309 e. The molecule has 3 heterocycles. The fraction of sp³-hybridized carbons (Fsp3) is 0.364. The van der Waals surface area contributed by atoms with E-state index in [1.165, 1.54) is 10.4 Å². The SMILES string of the molecule is Cc1sc2c(c1C)C(c1ccc(Cl)cc1)=N[C@@H](CC(=O)C(C)C)[n+]1cnc(C)n1-2. The second kappa shape index (κ2) is 7.50. The van der Waals surface area contributed by atoms with Gasteiger partial charge in [0.1, 0.15) is 5.78 Å². The average molecular weight is 428 g/mol. The van der Waals surface area contributed by atoms with E-state index in [-0.39, 0.29) is 17.9 Å². The molecule has 0 amide bonds. The van der Waals surface area contributed by atoms with Gasteiger partial charge in [-0.3, -0.25) is 4.79 Å². The topological polar surface area (TPSA) is 51.1 Å². The van der Waals surface area contributed by atoms with Crippen LogP contribution in [0.5, 0.6) is 0 Å². The molecule has 3 aromatic rings. The second-order valence-corrected chi connectivity index (χ2v) is 9.38. The zero-order chi connectivity index (χ0) is 20.9. The maximum atomic E-state index is 12.6. The van der Waals surface area contributed by atoms with Crippen molar-refractivity contribution in [3.63, 3.8) is 0 Å². The van der Waals surface area contributed by atoms with Crippen molar-refractivity contribution in [3.8, 4) is 5.00 Å². The van der Waals surface area contributed by atoms with E-state index < -0.39 is 0 Å². The van der Waals surface area contributed by atoms with Crippen LogP contribution in [0.1, 0.15) is 53.8 Å². The first-order chi connectivity index (χ1) is 13.8. The Morgan fingerprint density at radius 1 is 1.24 bits per heavy atom. The van der Waals surface area contributed by atoms with Crippen LogP contribution in [0.15, 0.2) is 35.6 Å². The molecule has 5 nitrogen and oxygen atoms in total. The molecule has 2 aromatic heterocycles. The van der Waals surface area contributed by atoms with Gasteiger partial charge < -0.3 is 0 Å². The molecule has 7 heteroatoms. The molecule has 0 bridgehead atoms. The summed E-state index contributed by atoms with van der Waals surface area (Å²) in [6.07, 6.45) is 1.77. The van der Waals surface area contributed by atoms with Crippen LogP contribution in [0, 0.1) is 26.7 Å². The van der Waals surface area contributed by atoms with E-state index in [1.807, 2.05) is 49.7 Å². The molecule has 0 N–H and O–H groups in total. The predicted molar refractivity (Wildman–Crippen MR) is 116 cm³/mol. The van der Waals surface area contributed by atoms with Gasteiger partial charge in [-0.2, -0.15) is 0 Å². The number of aryl methyl sites for hydroxylation is 2. The molecule has 0 radical (unpaired) electrons. The highest BCUT2D eigenvalue weighted by Crippen LogP contribution is 2.35. The third kappa shape index (κ3) is 3.45. The van der Waals surface area contributed by atoms with Gasteiger partial charge in [-0.1, -0.05) is 37.6 Å². The average Bonchev–Trinajstić information content (AvgIpc) is 3.15. The molecule has 0 fully saturated rings. The molecule has 1 aliphatic rings. The first-order valence-electron chi connectivity index (χ1n) is 9.71. The molecular formula is C22H24ClN4OS+. The lowest BCUT2D eigenvalue weighted by Gasteiger charge is -2.12. The Morgan fingerprint density at radius 2 is 1.93 bits per heavy atom. The number of benzene rings is 1. The lowest BCUT2D eigenvalue weighted by molar-refractivity contribution is -0.788. The number of aliphatic imine (C=N–C) groups is 1. The van der Waals surface area contributed by atoms with E-state index in [0.29, 0.717) is 11.4 Å². The minimum absolute atomic E-state index is 0.0384. The minimum atomic E-state index is -0.351. The van der Waals surface area contributed by atoms with Crippen LogP contribution in [0.3, 0.4) is 0 Å². The number of aromatic nitrogens is 3. The van der Waals surface area contributed by atoms with Gasteiger partial charge in [0, 0.05) is 33.9 Å². The Morgan fingerprint density at radius 3 is 2.59 bits per heavy atom. The molecule has 0 saturated carbocycles. The molecule has 29 heavy (non-hydrogen) atoms. The van der Waals surface area contributed by atoms with Crippen molar-refractivity contribution >= 4 is 34.4 Å². The summed E-state index contributed by atoms with van der Waals surface area (Å²) in [4.78, 5) is 23.5. The van der Waals surface area contributed by atoms with E-state index in [2.05, 4.69) is 23.5 Å². The van der Waals surface area contributed by atoms with E-state index in [1.54, 1.807) is 17.7 Å². The number of hydrogen-bond donors (Lipinski definition) is 0. The molecule has 1 atom stereocenters. The summed E-state index contributed by atoms with van der Waals surface area (Å²) in [5, 5.41) is 1.77. The van der Waals surface area contributed by atoms with Crippen molar-refractivity contribution in [2.24, 2.45) is 10.9 Å². The lowest BCUT2D eigenvalue weighted by Crippen LogP contribution is -2.46. The number of rotatable bonds is 4. The summed E-state index contributed by atoms with van der Waals surface area (Å²) in [5.41, 5.74) is 4.20. The Hall–Kier alpha value is -2.31. The molecule has 0 saturated heterocycles. The smallest absolute Gasteiger partial charge is 0.299 e. The number of hydrogen-bond acceptors (Lipinski definition) is 4. The first kappa shape index (κ1) is 20.0. The Bertz CT molecular complexity index is 1120. The highest BCUT2D eigenvalue weighted by Gasteiger charge is 2.34. The molecular weight excluding hydrogens is 404 g/mol. The first-order valence-corrected chi connectivity index (χ1v) is 10.9. The number of Topliss-reactive ketones (excluding diaryl/α,β-unsaturated/α-hetero) is 1. The van der Waals surface area contributed by atoms with Crippen LogP contribution < -0.4 is 4.68 Å². The number of ketones is 1. The van der Waals surface area contributed by atoms with Gasteiger partial charge in [-0.05, 0) is 36.5 Å². The molecule has 1 aliphatic heterocycles. The maximum absolute atomic E-state index is 12.6. The van der Waals surface area contributed by atoms with E-state index in [9.17, 15) is 4.79 Å². The zero-order valence-electron chi connectivity index (χ0n) is 17.2. The van der Waals surface area contributed by atoms with Crippen LogP contribution in [0.25, 0.3) is 5.00 Å². The summed E-state index contributed by atoms with van der Waals surface area (Å²) in [6.45, 7) is 10.1. The molecule has 1 aromatic carbocycles. The van der Waals surface area contributed by atoms with Crippen LogP contribution in [0.4, 0.5) is 0 Å². The van der Waals surface area contributed by atoms with Crippen LogP contribution in [-0.4, -0.2) is 21.2 Å². The molecule has 0 unspecified atom stereocenters. The zero-order valence-corrected chi connectivity index (χ0v) is 18.8. The Kier molecular flexibility index (Phi) is 5.17. The number of carbonyl (C=O) groups is 1. The number of nitrogens with zero attached hydrogens (tertiary/aromatic N) is 4. The standard InChI is InChI=1S/C22H24ClN4OS/c1-12(2)18(28)10-19-25-21(16-6-8-17(23)9-7-16)20-13(3)14(4)29-22(20)27-15(5)24-11-26(19)27/h6-9,11-12,19H,10H2,1-5H3/q+1/t19-/m1/s1. The Balaban J connectivity index is 1.99.